The normalized spacial score (nSPS) is 22.1. The molecule has 0 aromatic carbocycles. The van der Waals surface area contributed by atoms with Crippen LogP contribution in [0.3, 0.4) is 0 Å². The molecule has 116 valence electrons. The number of methoxy groups -OCH3 is 1. The molecule has 2 N–H and O–H groups in total. The lowest BCUT2D eigenvalue weighted by atomic mass is 9.92. The van der Waals surface area contributed by atoms with Crippen LogP contribution in [0.2, 0.25) is 0 Å². The highest BCUT2D eigenvalue weighted by Gasteiger charge is 2.25. The summed E-state index contributed by atoms with van der Waals surface area (Å²) in [5.74, 6) is 0.460. The van der Waals surface area contributed by atoms with Crippen LogP contribution in [0.15, 0.2) is 12.1 Å². The number of nitrogens with one attached hydrogen (secondary N) is 2. The smallest absolute Gasteiger partial charge is 0.320 e. The summed E-state index contributed by atoms with van der Waals surface area (Å²) in [4.78, 5) is 11.9. The first-order valence-electron chi connectivity index (χ1n) is 7.33. The molecule has 0 radical (unpaired) electrons. The first-order valence-corrected chi connectivity index (χ1v) is 7.33. The molecule has 0 bridgehead atoms. The quantitative estimate of drug-likeness (QED) is 0.897. The maximum absolute atomic E-state index is 11.9. The van der Waals surface area contributed by atoms with Crippen LogP contribution in [0.25, 0.3) is 0 Å². The lowest BCUT2D eigenvalue weighted by Gasteiger charge is -2.17. The van der Waals surface area contributed by atoms with Crippen LogP contribution in [0, 0.1) is 0 Å². The van der Waals surface area contributed by atoms with E-state index in [1.165, 1.54) is 0 Å². The Labute approximate surface area is 125 Å². The standard InChI is InChI=1S/C15H24N4O2/c1-15(2,3)12-7-8-13(19-18-12)17-14(20)16-10-5-6-11(9-10)21-4/h7-8,10-11H,5-6,9H2,1-4H3,(H2,16,17,19,20)/t10-,11+/m0/s1. The van der Waals surface area contributed by atoms with Gasteiger partial charge in [-0.05, 0) is 31.4 Å². The van der Waals surface area contributed by atoms with Crippen molar-refractivity contribution in [3.63, 3.8) is 0 Å². The lowest BCUT2D eigenvalue weighted by molar-refractivity contribution is 0.107. The summed E-state index contributed by atoms with van der Waals surface area (Å²) in [6.07, 6.45) is 3.04. The summed E-state index contributed by atoms with van der Waals surface area (Å²) in [6.45, 7) is 6.22. The minimum atomic E-state index is -0.241. The minimum Gasteiger partial charge on any atom is -0.381 e. The predicted molar refractivity (Wildman–Crippen MR) is 81.3 cm³/mol. The molecule has 0 aliphatic heterocycles. The summed E-state index contributed by atoms with van der Waals surface area (Å²) in [7, 11) is 1.71. The third kappa shape index (κ3) is 4.39. The van der Waals surface area contributed by atoms with E-state index in [1.54, 1.807) is 13.2 Å². The van der Waals surface area contributed by atoms with Crippen LogP contribution < -0.4 is 10.6 Å². The number of anilines is 1. The number of aromatic nitrogens is 2. The average molecular weight is 292 g/mol. The Morgan fingerprint density at radius 1 is 1.29 bits per heavy atom. The van der Waals surface area contributed by atoms with Gasteiger partial charge in [-0.1, -0.05) is 20.8 Å². The predicted octanol–water partition coefficient (Wildman–Crippen LogP) is 2.46. The number of hydrogen-bond donors (Lipinski definition) is 2. The number of rotatable bonds is 3. The van der Waals surface area contributed by atoms with Gasteiger partial charge in [0.1, 0.15) is 0 Å². The molecular weight excluding hydrogens is 268 g/mol. The second-order valence-electron chi connectivity index (χ2n) is 6.52. The van der Waals surface area contributed by atoms with E-state index in [-0.39, 0.29) is 23.6 Å². The molecule has 1 heterocycles. The summed E-state index contributed by atoms with van der Waals surface area (Å²) in [5.41, 5.74) is 0.847. The third-order valence-corrected chi connectivity index (χ3v) is 3.73. The Hall–Kier alpha value is -1.69. The summed E-state index contributed by atoms with van der Waals surface area (Å²) in [6, 6.07) is 3.59. The molecule has 1 aliphatic carbocycles. The van der Waals surface area contributed by atoms with E-state index in [0.29, 0.717) is 5.82 Å². The van der Waals surface area contributed by atoms with Crippen molar-refractivity contribution in [3.8, 4) is 0 Å². The number of urea groups is 1. The molecule has 1 aromatic heterocycles. The van der Waals surface area contributed by atoms with Crippen LogP contribution >= 0.6 is 0 Å². The number of nitrogens with zero attached hydrogens (tertiary/aromatic N) is 2. The van der Waals surface area contributed by atoms with Gasteiger partial charge in [0.2, 0.25) is 0 Å². The highest BCUT2D eigenvalue weighted by Crippen LogP contribution is 2.22. The molecule has 1 fully saturated rings. The summed E-state index contributed by atoms with van der Waals surface area (Å²) in [5, 5.41) is 13.8. The first-order chi connectivity index (χ1) is 9.88. The molecule has 1 saturated carbocycles. The molecule has 1 aliphatic rings. The highest BCUT2D eigenvalue weighted by molar-refractivity contribution is 5.88. The van der Waals surface area contributed by atoms with Gasteiger partial charge in [-0.3, -0.25) is 5.32 Å². The average Bonchev–Trinajstić information content (AvgIpc) is 2.85. The van der Waals surface area contributed by atoms with Gasteiger partial charge in [0.15, 0.2) is 5.82 Å². The SMILES string of the molecule is CO[C@@H]1CC[C@H](NC(=O)Nc2ccc(C(C)(C)C)nn2)C1. The van der Waals surface area contributed by atoms with Crippen LogP contribution in [0.4, 0.5) is 10.6 Å². The van der Waals surface area contributed by atoms with Crippen LogP contribution in [0.1, 0.15) is 45.7 Å². The van der Waals surface area contributed by atoms with E-state index in [1.807, 2.05) is 6.07 Å². The van der Waals surface area contributed by atoms with Gasteiger partial charge in [-0.25, -0.2) is 4.79 Å². The van der Waals surface area contributed by atoms with Gasteiger partial charge in [-0.2, -0.15) is 5.10 Å². The Bertz CT molecular complexity index is 481. The molecule has 2 rings (SSSR count). The molecule has 2 atom stereocenters. The maximum Gasteiger partial charge on any atom is 0.320 e. The van der Waals surface area contributed by atoms with Crippen molar-refractivity contribution in [1.82, 2.24) is 15.5 Å². The monoisotopic (exact) mass is 292 g/mol. The van der Waals surface area contributed by atoms with Crippen LogP contribution in [-0.2, 0) is 10.2 Å². The molecule has 21 heavy (non-hydrogen) atoms. The number of carbonyl (C=O) groups excluding carboxylic acids is 1. The van der Waals surface area contributed by atoms with E-state index in [2.05, 4.69) is 41.6 Å². The lowest BCUT2D eigenvalue weighted by Crippen LogP contribution is -2.37. The fourth-order valence-electron chi connectivity index (χ4n) is 2.42. The topological polar surface area (TPSA) is 76.1 Å². The molecule has 0 spiro atoms. The Morgan fingerprint density at radius 2 is 2.05 bits per heavy atom. The van der Waals surface area contributed by atoms with E-state index in [0.717, 1.165) is 25.0 Å². The van der Waals surface area contributed by atoms with Crippen LogP contribution in [-0.4, -0.2) is 35.5 Å². The van der Waals surface area contributed by atoms with Crippen molar-refractivity contribution in [2.24, 2.45) is 0 Å². The molecule has 6 nitrogen and oxygen atoms in total. The van der Waals surface area contributed by atoms with Gasteiger partial charge in [0, 0.05) is 18.6 Å². The first kappa shape index (κ1) is 15.7. The van der Waals surface area contributed by atoms with Gasteiger partial charge in [-0.15, -0.1) is 5.10 Å². The van der Waals surface area contributed by atoms with Gasteiger partial charge >= 0.3 is 6.03 Å². The maximum atomic E-state index is 11.9. The van der Waals surface area contributed by atoms with Crippen molar-refractivity contribution < 1.29 is 9.53 Å². The molecule has 1 aromatic rings. The zero-order valence-corrected chi connectivity index (χ0v) is 13.1. The third-order valence-electron chi connectivity index (χ3n) is 3.73. The Balaban J connectivity index is 1.85. The fourth-order valence-corrected chi connectivity index (χ4v) is 2.42. The number of hydrogen-bond acceptors (Lipinski definition) is 4. The minimum absolute atomic E-state index is 0.0488. The van der Waals surface area contributed by atoms with Gasteiger partial charge in [0.05, 0.1) is 11.8 Å². The van der Waals surface area contributed by atoms with E-state index < -0.39 is 0 Å². The van der Waals surface area contributed by atoms with Crippen LogP contribution in [0.5, 0.6) is 0 Å². The molecular formula is C15H24N4O2. The van der Waals surface area contributed by atoms with Crippen molar-refractivity contribution >= 4 is 11.8 Å². The molecule has 0 saturated heterocycles. The van der Waals surface area contributed by atoms with Crippen molar-refractivity contribution in [3.05, 3.63) is 17.8 Å². The van der Waals surface area contributed by atoms with E-state index >= 15 is 0 Å². The van der Waals surface area contributed by atoms with Gasteiger partial charge in [0.25, 0.3) is 0 Å². The fraction of sp³-hybridized carbons (Fsp3) is 0.667. The summed E-state index contributed by atoms with van der Waals surface area (Å²) >= 11 is 0. The van der Waals surface area contributed by atoms with E-state index in [9.17, 15) is 4.79 Å². The Morgan fingerprint density at radius 3 is 2.57 bits per heavy atom. The second kappa shape index (κ2) is 6.39. The second-order valence-corrected chi connectivity index (χ2v) is 6.52. The Kier molecular flexibility index (Phi) is 4.77. The zero-order chi connectivity index (χ0) is 15.5. The summed E-state index contributed by atoms with van der Waals surface area (Å²) < 4.78 is 5.29. The van der Waals surface area contributed by atoms with Crippen molar-refractivity contribution in [2.45, 2.75) is 57.6 Å². The van der Waals surface area contributed by atoms with E-state index in [4.69, 9.17) is 4.74 Å². The van der Waals surface area contributed by atoms with Gasteiger partial charge < -0.3 is 10.1 Å². The largest absolute Gasteiger partial charge is 0.381 e. The molecule has 0 unspecified atom stereocenters. The number of carbonyl (C=O) groups is 1. The zero-order valence-electron chi connectivity index (χ0n) is 13.1. The van der Waals surface area contributed by atoms with Crippen molar-refractivity contribution in [1.29, 1.82) is 0 Å². The number of ether oxygens (including phenoxy) is 1. The highest BCUT2D eigenvalue weighted by atomic mass is 16.5. The molecule has 6 heteroatoms. The number of amides is 2. The van der Waals surface area contributed by atoms with Crippen molar-refractivity contribution in [2.75, 3.05) is 12.4 Å². The molecule has 2 amide bonds.